The number of carboxylic acid groups (broad SMARTS) is 1. The van der Waals surface area contributed by atoms with Gasteiger partial charge in [0.1, 0.15) is 11.5 Å². The van der Waals surface area contributed by atoms with Crippen LogP contribution in [0.15, 0.2) is 46.9 Å². The highest BCUT2D eigenvalue weighted by Gasteiger charge is 2.24. The maximum atomic E-state index is 11.4. The van der Waals surface area contributed by atoms with Gasteiger partial charge < -0.3 is 19.0 Å². The van der Waals surface area contributed by atoms with Gasteiger partial charge >= 0.3 is 5.97 Å². The summed E-state index contributed by atoms with van der Waals surface area (Å²) in [6, 6.07) is 13.1. The Morgan fingerprint density at radius 1 is 1.11 bits per heavy atom. The maximum Gasteiger partial charge on any atom is 0.304 e. The van der Waals surface area contributed by atoms with E-state index >= 15 is 0 Å². The molecule has 7 nitrogen and oxygen atoms in total. The molecular weight excluding hydrogens is 348 g/mol. The van der Waals surface area contributed by atoms with Gasteiger partial charge in [-0.15, -0.1) is 10.2 Å². The number of aliphatic carboxylic acids is 1. The van der Waals surface area contributed by atoms with Gasteiger partial charge in [-0.05, 0) is 23.3 Å². The molecule has 0 spiro atoms. The third-order valence-electron chi connectivity index (χ3n) is 4.22. The lowest BCUT2D eigenvalue weighted by atomic mass is 9.92. The van der Waals surface area contributed by atoms with Crippen molar-refractivity contribution in [3.05, 3.63) is 59.8 Å². The highest BCUT2D eigenvalue weighted by molar-refractivity contribution is 5.77. The van der Waals surface area contributed by atoms with Crippen LogP contribution in [0.4, 0.5) is 0 Å². The van der Waals surface area contributed by atoms with Crippen molar-refractivity contribution < 1.29 is 23.8 Å². The summed E-state index contributed by atoms with van der Waals surface area (Å²) < 4.78 is 16.5. The van der Waals surface area contributed by atoms with Crippen LogP contribution in [0, 0.1) is 6.92 Å². The number of methoxy groups -OCH3 is 2. The van der Waals surface area contributed by atoms with Gasteiger partial charge in [-0.3, -0.25) is 4.79 Å². The van der Waals surface area contributed by atoms with E-state index in [0.29, 0.717) is 17.4 Å². The number of aromatic nitrogens is 2. The SMILES string of the molecule is COc1cccc(OC)c1-c1cccc(C(CC(=O)O)c2nnc(C)o2)c1. The van der Waals surface area contributed by atoms with Gasteiger partial charge in [0.2, 0.25) is 11.8 Å². The topological polar surface area (TPSA) is 94.7 Å². The summed E-state index contributed by atoms with van der Waals surface area (Å²) in [5, 5.41) is 17.2. The Balaban J connectivity index is 2.10. The van der Waals surface area contributed by atoms with Crippen LogP contribution in [-0.4, -0.2) is 35.5 Å². The van der Waals surface area contributed by atoms with Gasteiger partial charge in [-0.2, -0.15) is 0 Å². The predicted octanol–water partition coefficient (Wildman–Crippen LogP) is 3.67. The molecule has 0 aliphatic carbocycles. The number of benzene rings is 2. The first-order chi connectivity index (χ1) is 13.0. The zero-order valence-electron chi connectivity index (χ0n) is 15.3. The molecule has 3 rings (SSSR count). The van der Waals surface area contributed by atoms with Crippen molar-refractivity contribution in [3.63, 3.8) is 0 Å². The molecule has 1 aromatic heterocycles. The third kappa shape index (κ3) is 3.92. The molecule has 0 fully saturated rings. The van der Waals surface area contributed by atoms with Crippen LogP contribution < -0.4 is 9.47 Å². The van der Waals surface area contributed by atoms with E-state index in [1.54, 1.807) is 21.1 Å². The lowest BCUT2D eigenvalue weighted by Crippen LogP contribution is -2.08. The van der Waals surface area contributed by atoms with Gasteiger partial charge in [0.05, 0.1) is 32.1 Å². The van der Waals surface area contributed by atoms with Crippen molar-refractivity contribution in [1.29, 1.82) is 0 Å². The third-order valence-corrected chi connectivity index (χ3v) is 4.22. The molecule has 1 N–H and O–H groups in total. The number of nitrogens with zero attached hydrogens (tertiary/aromatic N) is 2. The number of rotatable bonds is 7. The summed E-state index contributed by atoms with van der Waals surface area (Å²) >= 11 is 0. The first kappa shape index (κ1) is 18.4. The molecule has 0 saturated carbocycles. The fourth-order valence-corrected chi connectivity index (χ4v) is 3.02. The van der Waals surface area contributed by atoms with E-state index in [4.69, 9.17) is 13.9 Å². The van der Waals surface area contributed by atoms with Crippen LogP contribution in [0.5, 0.6) is 11.5 Å². The molecule has 0 amide bonds. The average molecular weight is 368 g/mol. The summed E-state index contributed by atoms with van der Waals surface area (Å²) in [5.74, 6) is 0.493. The van der Waals surface area contributed by atoms with Gasteiger partial charge in [0, 0.05) is 6.92 Å². The van der Waals surface area contributed by atoms with Gasteiger partial charge in [-0.1, -0.05) is 30.3 Å². The zero-order chi connectivity index (χ0) is 19.4. The molecule has 0 bridgehead atoms. The molecule has 1 unspecified atom stereocenters. The predicted molar refractivity (Wildman–Crippen MR) is 98.1 cm³/mol. The smallest absolute Gasteiger partial charge is 0.304 e. The number of carboxylic acids is 1. The zero-order valence-corrected chi connectivity index (χ0v) is 15.3. The molecule has 1 heterocycles. The number of hydrogen-bond donors (Lipinski definition) is 1. The van der Waals surface area contributed by atoms with Gasteiger partial charge in [-0.25, -0.2) is 0 Å². The maximum absolute atomic E-state index is 11.4. The molecule has 27 heavy (non-hydrogen) atoms. The molecule has 2 aromatic carbocycles. The fraction of sp³-hybridized carbons (Fsp3) is 0.250. The van der Waals surface area contributed by atoms with E-state index in [0.717, 1.165) is 16.7 Å². The average Bonchev–Trinajstić information content (AvgIpc) is 3.11. The van der Waals surface area contributed by atoms with Crippen molar-refractivity contribution in [2.24, 2.45) is 0 Å². The number of carbonyl (C=O) groups is 1. The Morgan fingerprint density at radius 2 is 1.78 bits per heavy atom. The summed E-state index contributed by atoms with van der Waals surface area (Å²) in [6.07, 6.45) is -0.159. The Hall–Kier alpha value is -3.35. The Labute approximate surface area is 156 Å². The Kier molecular flexibility index (Phi) is 5.40. The van der Waals surface area contributed by atoms with Gasteiger partial charge in [0.15, 0.2) is 0 Å². The quantitative estimate of drug-likeness (QED) is 0.680. The monoisotopic (exact) mass is 368 g/mol. The minimum Gasteiger partial charge on any atom is -0.496 e. The Bertz CT molecular complexity index is 929. The first-order valence-corrected chi connectivity index (χ1v) is 8.36. The minimum atomic E-state index is -0.948. The molecule has 0 aliphatic heterocycles. The summed E-state index contributed by atoms with van der Waals surface area (Å²) in [6.45, 7) is 1.67. The van der Waals surface area contributed by atoms with Crippen molar-refractivity contribution in [3.8, 4) is 22.6 Å². The molecule has 1 atom stereocenters. The second-order valence-electron chi connectivity index (χ2n) is 5.97. The van der Waals surface area contributed by atoms with Crippen LogP contribution in [0.25, 0.3) is 11.1 Å². The number of hydrogen-bond acceptors (Lipinski definition) is 6. The van der Waals surface area contributed by atoms with Crippen LogP contribution >= 0.6 is 0 Å². The molecular formula is C20H20N2O5. The van der Waals surface area contributed by atoms with Crippen molar-refractivity contribution >= 4 is 5.97 Å². The van der Waals surface area contributed by atoms with E-state index in [2.05, 4.69) is 10.2 Å². The molecule has 0 saturated heterocycles. The number of ether oxygens (including phenoxy) is 2. The summed E-state index contributed by atoms with van der Waals surface area (Å²) in [5.41, 5.74) is 2.39. The van der Waals surface area contributed by atoms with Crippen LogP contribution in [0.1, 0.15) is 29.7 Å². The second kappa shape index (κ2) is 7.90. The second-order valence-corrected chi connectivity index (χ2v) is 5.97. The van der Waals surface area contributed by atoms with Crippen LogP contribution in [-0.2, 0) is 4.79 Å². The lowest BCUT2D eigenvalue weighted by Gasteiger charge is -2.16. The minimum absolute atomic E-state index is 0.159. The van der Waals surface area contributed by atoms with Crippen molar-refractivity contribution in [1.82, 2.24) is 10.2 Å². The molecule has 0 radical (unpaired) electrons. The molecule has 0 aliphatic rings. The highest BCUT2D eigenvalue weighted by atomic mass is 16.5. The van der Waals surface area contributed by atoms with E-state index in [1.807, 2.05) is 42.5 Å². The fourth-order valence-electron chi connectivity index (χ4n) is 3.02. The number of aryl methyl sites for hydroxylation is 1. The van der Waals surface area contributed by atoms with E-state index in [9.17, 15) is 9.90 Å². The molecule has 7 heteroatoms. The van der Waals surface area contributed by atoms with Crippen molar-refractivity contribution in [2.45, 2.75) is 19.3 Å². The van der Waals surface area contributed by atoms with E-state index in [1.165, 1.54) is 0 Å². The normalized spacial score (nSPS) is 11.8. The van der Waals surface area contributed by atoms with Crippen LogP contribution in [0.3, 0.4) is 0 Å². The lowest BCUT2D eigenvalue weighted by molar-refractivity contribution is -0.137. The largest absolute Gasteiger partial charge is 0.496 e. The summed E-state index contributed by atoms with van der Waals surface area (Å²) in [7, 11) is 3.19. The van der Waals surface area contributed by atoms with E-state index in [-0.39, 0.29) is 12.3 Å². The van der Waals surface area contributed by atoms with Crippen molar-refractivity contribution in [2.75, 3.05) is 14.2 Å². The Morgan fingerprint density at radius 3 is 2.33 bits per heavy atom. The summed E-state index contributed by atoms with van der Waals surface area (Å²) in [4.78, 5) is 11.4. The van der Waals surface area contributed by atoms with Gasteiger partial charge in [0.25, 0.3) is 0 Å². The first-order valence-electron chi connectivity index (χ1n) is 8.36. The highest BCUT2D eigenvalue weighted by Crippen LogP contribution is 2.40. The molecule has 3 aromatic rings. The van der Waals surface area contributed by atoms with Crippen LogP contribution in [0.2, 0.25) is 0 Å². The standard InChI is InChI=1S/C20H20N2O5/c1-12-21-22-20(27-12)15(11-18(23)24)13-6-4-7-14(10-13)19-16(25-2)8-5-9-17(19)26-3/h4-10,15H,11H2,1-3H3,(H,23,24). The molecule has 140 valence electrons. The van der Waals surface area contributed by atoms with E-state index < -0.39 is 11.9 Å².